The van der Waals surface area contributed by atoms with Gasteiger partial charge in [-0.2, -0.15) is 0 Å². The highest BCUT2D eigenvalue weighted by molar-refractivity contribution is 7.11. The van der Waals surface area contributed by atoms with Gasteiger partial charge in [-0.15, -0.1) is 0 Å². The summed E-state index contributed by atoms with van der Waals surface area (Å²) in [7, 11) is -2.06. The highest BCUT2D eigenvalue weighted by Gasteiger charge is 2.39. The van der Waals surface area contributed by atoms with Crippen molar-refractivity contribution in [1.29, 1.82) is 0 Å². The molecule has 0 aliphatic heterocycles. The molecule has 0 fully saturated rings. The van der Waals surface area contributed by atoms with E-state index in [0.29, 0.717) is 5.92 Å². The largest absolute Gasteiger partial charge is 0.148 e. The van der Waals surface area contributed by atoms with Crippen LogP contribution >= 0.6 is 0 Å². The maximum absolute atomic E-state index is 2.38. The standard InChI is InChI=1S/C25H30Si/c1-19(2)18-26(23-12-6-20(3)7-13-23,24-14-8-21(4)9-15-24)25-16-10-22(5)11-17-25/h6-17,19H,18H2,1-5H3. The summed E-state index contributed by atoms with van der Waals surface area (Å²) in [4.78, 5) is 0. The van der Waals surface area contributed by atoms with E-state index in [1.54, 1.807) is 0 Å². The first-order valence-corrected chi connectivity index (χ1v) is 11.8. The van der Waals surface area contributed by atoms with E-state index >= 15 is 0 Å². The van der Waals surface area contributed by atoms with E-state index in [2.05, 4.69) is 107 Å². The minimum Gasteiger partial charge on any atom is -0.0630 e. The SMILES string of the molecule is Cc1ccc([Si](CC(C)C)(c2ccc(C)cc2)c2ccc(C)cc2)cc1. The topological polar surface area (TPSA) is 0 Å². The van der Waals surface area contributed by atoms with Crippen LogP contribution in [0.1, 0.15) is 30.5 Å². The third-order valence-electron chi connectivity index (χ3n) is 5.35. The smallest absolute Gasteiger partial charge is 0.0630 e. The van der Waals surface area contributed by atoms with Crippen molar-refractivity contribution < 1.29 is 0 Å². The normalized spacial score (nSPS) is 11.8. The van der Waals surface area contributed by atoms with Crippen LogP contribution in [-0.4, -0.2) is 8.07 Å². The molecular weight excluding hydrogens is 328 g/mol. The Kier molecular flexibility index (Phi) is 5.48. The average Bonchev–Trinajstić information content (AvgIpc) is 2.62. The Morgan fingerprint density at radius 2 is 0.808 bits per heavy atom. The molecule has 0 heterocycles. The van der Waals surface area contributed by atoms with Gasteiger partial charge in [0.2, 0.25) is 0 Å². The molecule has 0 aliphatic rings. The van der Waals surface area contributed by atoms with Gasteiger partial charge in [-0.05, 0) is 48.3 Å². The fourth-order valence-electron chi connectivity index (χ4n) is 3.98. The second-order valence-corrected chi connectivity index (χ2v) is 12.1. The first kappa shape index (κ1) is 18.7. The molecule has 0 radical (unpaired) electrons. The molecule has 3 aromatic rings. The molecule has 0 aliphatic carbocycles. The molecule has 1 heteroatoms. The van der Waals surface area contributed by atoms with E-state index in [1.165, 1.54) is 38.3 Å². The molecule has 26 heavy (non-hydrogen) atoms. The first-order chi connectivity index (χ1) is 12.4. The second kappa shape index (κ2) is 7.63. The van der Waals surface area contributed by atoms with Crippen LogP contribution in [0.15, 0.2) is 72.8 Å². The van der Waals surface area contributed by atoms with Crippen molar-refractivity contribution in [2.45, 2.75) is 40.7 Å². The maximum Gasteiger partial charge on any atom is 0.148 e. The quantitative estimate of drug-likeness (QED) is 0.456. The van der Waals surface area contributed by atoms with Crippen LogP contribution in [0.3, 0.4) is 0 Å². The van der Waals surface area contributed by atoms with Gasteiger partial charge in [-0.3, -0.25) is 0 Å². The summed E-state index contributed by atoms with van der Waals surface area (Å²) < 4.78 is 0. The van der Waals surface area contributed by atoms with Crippen molar-refractivity contribution in [3.05, 3.63) is 89.5 Å². The van der Waals surface area contributed by atoms with Crippen LogP contribution in [0, 0.1) is 26.7 Å². The van der Waals surface area contributed by atoms with E-state index in [4.69, 9.17) is 0 Å². The van der Waals surface area contributed by atoms with Crippen molar-refractivity contribution in [2.75, 3.05) is 0 Å². The number of benzene rings is 3. The molecule has 0 saturated heterocycles. The predicted octanol–water partition coefficient (Wildman–Crippen LogP) is 4.74. The molecule has 0 amide bonds. The Morgan fingerprint density at radius 1 is 0.538 bits per heavy atom. The Hall–Kier alpha value is -2.12. The number of aryl methyl sites for hydroxylation is 3. The second-order valence-electron chi connectivity index (χ2n) is 8.10. The molecule has 0 spiro atoms. The van der Waals surface area contributed by atoms with Crippen LogP contribution in [0.5, 0.6) is 0 Å². The van der Waals surface area contributed by atoms with Crippen LogP contribution in [0.4, 0.5) is 0 Å². The van der Waals surface area contributed by atoms with Crippen molar-refractivity contribution in [2.24, 2.45) is 5.92 Å². The number of rotatable bonds is 5. The van der Waals surface area contributed by atoms with E-state index in [0.717, 1.165) is 0 Å². The van der Waals surface area contributed by atoms with Gasteiger partial charge in [-0.1, -0.05) is 103 Å². The summed E-state index contributed by atoms with van der Waals surface area (Å²) >= 11 is 0. The third-order valence-corrected chi connectivity index (χ3v) is 10.7. The Labute approximate surface area is 159 Å². The van der Waals surface area contributed by atoms with Crippen molar-refractivity contribution >= 4 is 23.6 Å². The van der Waals surface area contributed by atoms with Gasteiger partial charge in [0.25, 0.3) is 0 Å². The monoisotopic (exact) mass is 358 g/mol. The fourth-order valence-corrected chi connectivity index (χ4v) is 9.12. The predicted molar refractivity (Wildman–Crippen MR) is 118 cm³/mol. The van der Waals surface area contributed by atoms with Gasteiger partial charge in [0.05, 0.1) is 0 Å². The molecule has 0 aromatic heterocycles. The molecule has 0 saturated carbocycles. The minimum absolute atomic E-state index is 0.644. The number of hydrogen-bond acceptors (Lipinski definition) is 0. The van der Waals surface area contributed by atoms with E-state index in [-0.39, 0.29) is 0 Å². The lowest BCUT2D eigenvalue weighted by Gasteiger charge is -2.35. The van der Waals surface area contributed by atoms with Gasteiger partial charge < -0.3 is 0 Å². The van der Waals surface area contributed by atoms with Crippen molar-refractivity contribution in [3.63, 3.8) is 0 Å². The van der Waals surface area contributed by atoms with Gasteiger partial charge in [0, 0.05) is 0 Å². The summed E-state index contributed by atoms with van der Waals surface area (Å²) in [6.07, 6.45) is 0. The Morgan fingerprint density at radius 3 is 1.04 bits per heavy atom. The molecule has 134 valence electrons. The molecular formula is C25H30Si. The molecule has 0 atom stereocenters. The van der Waals surface area contributed by atoms with E-state index in [1.807, 2.05) is 0 Å². The van der Waals surface area contributed by atoms with Crippen molar-refractivity contribution in [1.82, 2.24) is 0 Å². The third kappa shape index (κ3) is 3.68. The molecule has 3 aromatic carbocycles. The molecule has 3 rings (SSSR count). The Bertz CT molecular complexity index is 729. The number of hydrogen-bond donors (Lipinski definition) is 0. The van der Waals surface area contributed by atoms with E-state index in [9.17, 15) is 0 Å². The van der Waals surface area contributed by atoms with Gasteiger partial charge in [0.1, 0.15) is 8.07 Å². The maximum atomic E-state index is 2.38. The summed E-state index contributed by atoms with van der Waals surface area (Å²) in [5, 5.41) is 4.55. The van der Waals surface area contributed by atoms with Gasteiger partial charge in [0.15, 0.2) is 0 Å². The van der Waals surface area contributed by atoms with Gasteiger partial charge in [-0.25, -0.2) is 0 Å². The van der Waals surface area contributed by atoms with Gasteiger partial charge >= 0.3 is 0 Å². The van der Waals surface area contributed by atoms with Crippen LogP contribution < -0.4 is 15.6 Å². The molecule has 0 nitrogen and oxygen atoms in total. The van der Waals surface area contributed by atoms with Crippen LogP contribution in [0.2, 0.25) is 6.04 Å². The zero-order valence-corrected chi connectivity index (χ0v) is 17.7. The minimum atomic E-state index is -2.06. The van der Waals surface area contributed by atoms with Crippen LogP contribution in [0.25, 0.3) is 0 Å². The fraction of sp³-hybridized carbons (Fsp3) is 0.280. The highest BCUT2D eigenvalue weighted by atomic mass is 28.3. The van der Waals surface area contributed by atoms with Crippen molar-refractivity contribution in [3.8, 4) is 0 Å². The molecule has 0 bridgehead atoms. The molecule has 0 unspecified atom stereocenters. The van der Waals surface area contributed by atoms with E-state index < -0.39 is 8.07 Å². The summed E-state index contributed by atoms with van der Waals surface area (Å²) in [6, 6.07) is 29.2. The first-order valence-electron chi connectivity index (χ1n) is 9.63. The highest BCUT2D eigenvalue weighted by Crippen LogP contribution is 2.19. The lowest BCUT2D eigenvalue weighted by Crippen LogP contribution is -2.67. The Balaban J connectivity index is 2.31. The summed E-state index contributed by atoms with van der Waals surface area (Å²) in [5.41, 5.74) is 3.98. The zero-order chi connectivity index (χ0) is 18.7. The summed E-state index contributed by atoms with van der Waals surface area (Å²) in [5.74, 6) is 0.644. The molecule has 0 N–H and O–H groups in total. The van der Waals surface area contributed by atoms with Crippen LogP contribution in [-0.2, 0) is 0 Å². The average molecular weight is 359 g/mol. The lowest BCUT2D eigenvalue weighted by atomic mass is 10.2. The zero-order valence-electron chi connectivity index (χ0n) is 16.7. The lowest BCUT2D eigenvalue weighted by molar-refractivity contribution is 0.726. The summed E-state index contributed by atoms with van der Waals surface area (Å²) in [6.45, 7) is 11.2.